The Balaban J connectivity index is 2.22. The first-order valence-corrected chi connectivity index (χ1v) is 10.9. The summed E-state index contributed by atoms with van der Waals surface area (Å²) >= 11 is 0. The van der Waals surface area contributed by atoms with Crippen molar-refractivity contribution in [1.29, 1.82) is 5.26 Å². The standard InChI is InChI=1S/C22H28N2O2S/c1-21(2,18-12-10-17(16-23)11-13-18)14-15-22(3,4)19-8-6-7-9-20(19)24-27(5,25)26/h6-13,24H,14-15H2,1-5H3. The summed E-state index contributed by atoms with van der Waals surface area (Å²) in [7, 11) is -3.33. The van der Waals surface area contributed by atoms with Crippen LogP contribution >= 0.6 is 0 Å². The number of nitriles is 1. The second-order valence-corrected chi connectivity index (χ2v) is 10.1. The summed E-state index contributed by atoms with van der Waals surface area (Å²) in [6, 6.07) is 17.5. The molecular weight excluding hydrogens is 356 g/mol. The monoisotopic (exact) mass is 384 g/mol. The number of anilines is 1. The summed E-state index contributed by atoms with van der Waals surface area (Å²) in [5.41, 5.74) is 3.24. The average molecular weight is 385 g/mol. The number of nitrogens with one attached hydrogen (secondary N) is 1. The molecule has 2 aromatic carbocycles. The molecule has 0 spiro atoms. The third-order valence-electron chi connectivity index (χ3n) is 5.12. The van der Waals surface area contributed by atoms with E-state index in [4.69, 9.17) is 5.26 Å². The van der Waals surface area contributed by atoms with E-state index in [2.05, 4.69) is 38.5 Å². The van der Waals surface area contributed by atoms with Crippen LogP contribution in [0.3, 0.4) is 0 Å². The van der Waals surface area contributed by atoms with Gasteiger partial charge in [-0.15, -0.1) is 0 Å². The van der Waals surface area contributed by atoms with Gasteiger partial charge < -0.3 is 0 Å². The zero-order valence-corrected chi connectivity index (χ0v) is 17.5. The SMILES string of the molecule is CC(C)(CCC(C)(C)c1ccccc1NS(C)(=O)=O)c1ccc(C#N)cc1. The van der Waals surface area contributed by atoms with Gasteiger partial charge in [0.2, 0.25) is 10.0 Å². The van der Waals surface area contributed by atoms with Gasteiger partial charge in [0, 0.05) is 0 Å². The molecule has 0 aliphatic carbocycles. The normalized spacial score (nSPS) is 12.4. The number of rotatable bonds is 7. The van der Waals surface area contributed by atoms with Crippen LogP contribution < -0.4 is 4.72 Å². The zero-order valence-electron chi connectivity index (χ0n) is 16.7. The van der Waals surface area contributed by atoms with E-state index >= 15 is 0 Å². The second kappa shape index (κ2) is 7.74. The summed E-state index contributed by atoms with van der Waals surface area (Å²) in [5, 5.41) is 8.98. The quantitative estimate of drug-likeness (QED) is 0.733. The number of sulfonamides is 1. The van der Waals surface area contributed by atoms with E-state index in [0.717, 1.165) is 18.4 Å². The summed E-state index contributed by atoms with van der Waals surface area (Å²) in [4.78, 5) is 0. The van der Waals surface area contributed by atoms with Crippen LogP contribution in [0.1, 0.15) is 57.2 Å². The fourth-order valence-electron chi connectivity index (χ4n) is 3.26. The summed E-state index contributed by atoms with van der Waals surface area (Å²) in [6.45, 7) is 8.69. The van der Waals surface area contributed by atoms with Crippen LogP contribution in [0.4, 0.5) is 5.69 Å². The Morgan fingerprint density at radius 1 is 0.926 bits per heavy atom. The van der Waals surface area contributed by atoms with Crippen molar-refractivity contribution in [3.8, 4) is 6.07 Å². The highest BCUT2D eigenvalue weighted by Gasteiger charge is 2.29. The summed E-state index contributed by atoms with van der Waals surface area (Å²) in [5.74, 6) is 0. The number of hydrogen-bond donors (Lipinski definition) is 1. The van der Waals surface area contributed by atoms with E-state index in [9.17, 15) is 8.42 Å². The van der Waals surface area contributed by atoms with Crippen LogP contribution in [0.25, 0.3) is 0 Å². The Morgan fingerprint density at radius 2 is 1.48 bits per heavy atom. The predicted octanol–water partition coefficient (Wildman–Crippen LogP) is 4.97. The van der Waals surface area contributed by atoms with E-state index in [-0.39, 0.29) is 10.8 Å². The van der Waals surface area contributed by atoms with E-state index in [0.29, 0.717) is 11.3 Å². The first-order chi connectivity index (χ1) is 12.4. The van der Waals surface area contributed by atoms with Gasteiger partial charge in [-0.25, -0.2) is 8.42 Å². The van der Waals surface area contributed by atoms with Crippen molar-refractivity contribution >= 4 is 15.7 Å². The lowest BCUT2D eigenvalue weighted by Gasteiger charge is -2.33. The fourth-order valence-corrected chi connectivity index (χ4v) is 3.84. The van der Waals surface area contributed by atoms with Crippen molar-refractivity contribution in [1.82, 2.24) is 0 Å². The highest BCUT2D eigenvalue weighted by atomic mass is 32.2. The molecule has 27 heavy (non-hydrogen) atoms. The molecule has 0 fully saturated rings. The lowest BCUT2D eigenvalue weighted by atomic mass is 9.72. The van der Waals surface area contributed by atoms with Crippen LogP contribution in [0.15, 0.2) is 48.5 Å². The molecule has 0 amide bonds. The van der Waals surface area contributed by atoms with Crippen LogP contribution in [0, 0.1) is 11.3 Å². The van der Waals surface area contributed by atoms with Crippen molar-refractivity contribution in [2.45, 2.75) is 51.4 Å². The van der Waals surface area contributed by atoms with Gasteiger partial charge in [-0.3, -0.25) is 4.72 Å². The predicted molar refractivity (Wildman–Crippen MR) is 111 cm³/mol. The Labute approximate surface area is 163 Å². The smallest absolute Gasteiger partial charge is 0.229 e. The van der Waals surface area contributed by atoms with Crippen molar-refractivity contribution < 1.29 is 8.42 Å². The Morgan fingerprint density at radius 3 is 2.04 bits per heavy atom. The van der Waals surface area contributed by atoms with Gasteiger partial charge in [-0.2, -0.15) is 5.26 Å². The highest BCUT2D eigenvalue weighted by Crippen LogP contribution is 2.38. The van der Waals surface area contributed by atoms with Crippen molar-refractivity contribution in [3.63, 3.8) is 0 Å². The van der Waals surface area contributed by atoms with Gasteiger partial charge in [0.25, 0.3) is 0 Å². The molecule has 144 valence electrons. The molecule has 4 nitrogen and oxygen atoms in total. The molecule has 2 rings (SSSR count). The molecule has 0 bridgehead atoms. The van der Waals surface area contributed by atoms with Crippen LogP contribution in [-0.4, -0.2) is 14.7 Å². The van der Waals surface area contributed by atoms with Crippen molar-refractivity contribution in [2.75, 3.05) is 11.0 Å². The molecule has 0 saturated carbocycles. The molecule has 2 aromatic rings. The van der Waals surface area contributed by atoms with Gasteiger partial charge in [-0.05, 0) is 53.0 Å². The molecule has 0 radical (unpaired) electrons. The minimum absolute atomic E-state index is 0.0511. The molecule has 0 heterocycles. The summed E-state index contributed by atoms with van der Waals surface area (Å²) < 4.78 is 26.0. The highest BCUT2D eigenvalue weighted by molar-refractivity contribution is 7.92. The molecule has 0 aromatic heterocycles. The number of hydrogen-bond acceptors (Lipinski definition) is 3. The van der Waals surface area contributed by atoms with Crippen LogP contribution in [0.5, 0.6) is 0 Å². The molecule has 0 aliphatic rings. The Hall–Kier alpha value is -2.32. The van der Waals surface area contributed by atoms with Gasteiger partial charge in [0.15, 0.2) is 0 Å². The maximum atomic E-state index is 11.7. The third kappa shape index (κ3) is 5.58. The van der Waals surface area contributed by atoms with Crippen LogP contribution in [-0.2, 0) is 20.9 Å². The van der Waals surface area contributed by atoms with Gasteiger partial charge in [0.1, 0.15) is 0 Å². The molecule has 0 saturated heterocycles. The molecule has 0 atom stereocenters. The molecular formula is C22H28N2O2S. The zero-order chi connectivity index (χ0) is 20.3. The first kappa shape index (κ1) is 21.0. The number of nitrogens with zero attached hydrogens (tertiary/aromatic N) is 1. The lowest BCUT2D eigenvalue weighted by molar-refractivity contribution is 0.375. The van der Waals surface area contributed by atoms with Crippen molar-refractivity contribution in [3.05, 3.63) is 65.2 Å². The van der Waals surface area contributed by atoms with Gasteiger partial charge in [-0.1, -0.05) is 58.0 Å². The van der Waals surface area contributed by atoms with Gasteiger partial charge in [0.05, 0.1) is 23.6 Å². The molecule has 1 N–H and O–H groups in total. The molecule has 0 aliphatic heterocycles. The molecule has 5 heteroatoms. The second-order valence-electron chi connectivity index (χ2n) is 8.38. The average Bonchev–Trinajstić information content (AvgIpc) is 2.59. The third-order valence-corrected chi connectivity index (χ3v) is 5.71. The lowest BCUT2D eigenvalue weighted by Crippen LogP contribution is -2.26. The Kier molecular flexibility index (Phi) is 6.01. The number of para-hydroxylation sites is 1. The minimum atomic E-state index is -3.33. The summed E-state index contributed by atoms with van der Waals surface area (Å²) in [6.07, 6.45) is 2.99. The minimum Gasteiger partial charge on any atom is -0.283 e. The Bertz CT molecular complexity index is 937. The van der Waals surface area contributed by atoms with Gasteiger partial charge >= 0.3 is 0 Å². The van der Waals surface area contributed by atoms with Crippen LogP contribution in [0.2, 0.25) is 0 Å². The van der Waals surface area contributed by atoms with E-state index in [1.165, 1.54) is 11.8 Å². The van der Waals surface area contributed by atoms with Crippen molar-refractivity contribution in [2.24, 2.45) is 0 Å². The van der Waals surface area contributed by atoms with E-state index < -0.39 is 10.0 Å². The maximum Gasteiger partial charge on any atom is 0.229 e. The maximum absolute atomic E-state index is 11.7. The van der Waals surface area contributed by atoms with E-state index in [1.54, 1.807) is 0 Å². The van der Waals surface area contributed by atoms with E-state index in [1.807, 2.05) is 48.5 Å². The first-order valence-electron chi connectivity index (χ1n) is 9.03. The number of benzene rings is 2. The fraction of sp³-hybridized carbons (Fsp3) is 0.409. The topological polar surface area (TPSA) is 70.0 Å². The molecule has 0 unspecified atom stereocenters. The largest absolute Gasteiger partial charge is 0.283 e.